The molecule has 0 fully saturated rings. The number of fused-ring (bicyclic) bond motifs is 1. The maximum Gasteiger partial charge on any atom is 0.160 e. The van der Waals surface area contributed by atoms with E-state index in [-0.39, 0.29) is 0 Å². The number of nitrogens with zero attached hydrogens (tertiary/aromatic N) is 2. The Morgan fingerprint density at radius 1 is 1.00 bits per heavy atom. The first kappa shape index (κ1) is 12.1. The van der Waals surface area contributed by atoms with E-state index >= 15 is 0 Å². The summed E-state index contributed by atoms with van der Waals surface area (Å²) in [4.78, 5) is 0. The molecule has 7 heteroatoms. The first-order valence-corrected chi connectivity index (χ1v) is 6.13. The highest BCUT2D eigenvalue weighted by Gasteiger charge is 2.11. The van der Waals surface area contributed by atoms with E-state index in [1.54, 1.807) is 30.3 Å². The molecule has 0 aliphatic carbocycles. The topological polar surface area (TPSA) is 77.0 Å². The molecule has 5 nitrogen and oxygen atoms in total. The molecule has 3 N–H and O–H groups in total. The Hall–Kier alpha value is -1.98. The third kappa shape index (κ3) is 2.18. The van der Waals surface area contributed by atoms with Crippen molar-refractivity contribution in [2.24, 2.45) is 0 Å². The fourth-order valence-electron chi connectivity index (χ4n) is 1.72. The van der Waals surface area contributed by atoms with E-state index in [1.807, 2.05) is 0 Å². The van der Waals surface area contributed by atoms with Crippen LogP contribution in [-0.4, -0.2) is 10.3 Å². The predicted octanol–water partition coefficient (Wildman–Crippen LogP) is 3.86. The minimum Gasteiger partial charge on any atom is -0.397 e. The van der Waals surface area contributed by atoms with Crippen molar-refractivity contribution in [1.82, 2.24) is 10.3 Å². The van der Waals surface area contributed by atoms with Crippen molar-refractivity contribution < 1.29 is 4.63 Å². The van der Waals surface area contributed by atoms with Gasteiger partial charge in [0.05, 0.1) is 22.1 Å². The minimum atomic E-state index is 0.499. The molecule has 0 amide bonds. The summed E-state index contributed by atoms with van der Waals surface area (Å²) >= 11 is 12.0. The highest BCUT2D eigenvalue weighted by Crippen LogP contribution is 2.32. The number of nitrogens with one attached hydrogen (secondary N) is 1. The summed E-state index contributed by atoms with van der Waals surface area (Å²) in [5.74, 6) is 0. The van der Waals surface area contributed by atoms with Crippen LogP contribution in [-0.2, 0) is 0 Å². The van der Waals surface area contributed by atoms with Gasteiger partial charge in [0.15, 0.2) is 11.0 Å². The summed E-state index contributed by atoms with van der Waals surface area (Å²) in [6, 6.07) is 8.64. The molecule has 3 rings (SSSR count). The number of anilines is 3. The van der Waals surface area contributed by atoms with Crippen LogP contribution < -0.4 is 11.1 Å². The average molecular weight is 295 g/mol. The van der Waals surface area contributed by atoms with E-state index in [0.717, 1.165) is 0 Å². The van der Waals surface area contributed by atoms with Crippen LogP contribution in [0.3, 0.4) is 0 Å². The number of halogens is 2. The Labute approximate surface area is 118 Å². The molecular weight excluding hydrogens is 287 g/mol. The van der Waals surface area contributed by atoms with Crippen molar-refractivity contribution in [1.29, 1.82) is 0 Å². The van der Waals surface area contributed by atoms with Crippen molar-refractivity contribution in [2.45, 2.75) is 0 Å². The van der Waals surface area contributed by atoms with Gasteiger partial charge in [0.2, 0.25) is 0 Å². The number of nitrogen functional groups attached to an aromatic ring is 1. The number of hydrogen-bond donors (Lipinski definition) is 2. The highest BCUT2D eigenvalue weighted by atomic mass is 35.5. The summed E-state index contributed by atoms with van der Waals surface area (Å²) in [5.41, 5.74) is 8.68. The van der Waals surface area contributed by atoms with Gasteiger partial charge in [0.1, 0.15) is 0 Å². The molecule has 1 aromatic heterocycles. The van der Waals surface area contributed by atoms with E-state index in [9.17, 15) is 0 Å². The molecule has 3 aromatic rings. The van der Waals surface area contributed by atoms with E-state index in [0.29, 0.717) is 38.1 Å². The molecule has 19 heavy (non-hydrogen) atoms. The fraction of sp³-hybridized carbons (Fsp3) is 0. The number of hydrogen-bond acceptors (Lipinski definition) is 5. The van der Waals surface area contributed by atoms with Gasteiger partial charge in [-0.3, -0.25) is 0 Å². The minimum absolute atomic E-state index is 0.499. The molecule has 0 aliphatic heterocycles. The quantitative estimate of drug-likeness (QED) is 0.702. The lowest BCUT2D eigenvalue weighted by molar-refractivity contribution is 0.316. The first-order valence-electron chi connectivity index (χ1n) is 5.38. The second-order valence-electron chi connectivity index (χ2n) is 3.91. The summed E-state index contributed by atoms with van der Waals surface area (Å²) in [6.07, 6.45) is 0. The zero-order valence-corrected chi connectivity index (χ0v) is 11.0. The molecule has 2 aromatic carbocycles. The Morgan fingerprint density at radius 3 is 2.63 bits per heavy atom. The smallest absolute Gasteiger partial charge is 0.160 e. The van der Waals surface area contributed by atoms with Crippen LogP contribution in [0.2, 0.25) is 10.0 Å². The third-order valence-corrected chi connectivity index (χ3v) is 3.21. The second kappa shape index (κ2) is 4.60. The van der Waals surface area contributed by atoms with Crippen molar-refractivity contribution in [3.8, 4) is 0 Å². The van der Waals surface area contributed by atoms with Gasteiger partial charge in [0, 0.05) is 5.02 Å². The van der Waals surface area contributed by atoms with Gasteiger partial charge in [-0.1, -0.05) is 23.2 Å². The largest absolute Gasteiger partial charge is 0.397 e. The molecule has 0 unspecified atom stereocenters. The molecule has 0 saturated carbocycles. The molecule has 0 atom stereocenters. The van der Waals surface area contributed by atoms with Crippen LogP contribution in [0.4, 0.5) is 17.1 Å². The van der Waals surface area contributed by atoms with Gasteiger partial charge >= 0.3 is 0 Å². The normalized spacial score (nSPS) is 10.8. The van der Waals surface area contributed by atoms with Crippen LogP contribution in [0.15, 0.2) is 35.0 Å². The molecule has 0 aliphatic rings. The van der Waals surface area contributed by atoms with E-state index in [4.69, 9.17) is 33.6 Å². The van der Waals surface area contributed by atoms with Crippen LogP contribution in [0, 0.1) is 0 Å². The van der Waals surface area contributed by atoms with Gasteiger partial charge in [-0.15, -0.1) is 0 Å². The summed E-state index contributed by atoms with van der Waals surface area (Å²) in [5, 5.41) is 11.8. The van der Waals surface area contributed by atoms with Crippen molar-refractivity contribution >= 4 is 51.3 Å². The molecule has 0 radical (unpaired) electrons. The van der Waals surface area contributed by atoms with E-state index in [1.165, 1.54) is 0 Å². The molecule has 0 bridgehead atoms. The van der Waals surface area contributed by atoms with E-state index in [2.05, 4.69) is 15.6 Å². The monoisotopic (exact) mass is 294 g/mol. The Morgan fingerprint density at radius 2 is 1.79 bits per heavy atom. The van der Waals surface area contributed by atoms with Crippen LogP contribution >= 0.6 is 23.2 Å². The zero-order valence-electron chi connectivity index (χ0n) is 9.52. The van der Waals surface area contributed by atoms with E-state index < -0.39 is 0 Å². The van der Waals surface area contributed by atoms with Gasteiger partial charge in [0.25, 0.3) is 0 Å². The van der Waals surface area contributed by atoms with Gasteiger partial charge in [-0.2, -0.15) is 0 Å². The zero-order chi connectivity index (χ0) is 13.4. The van der Waals surface area contributed by atoms with Crippen molar-refractivity contribution in [2.75, 3.05) is 11.1 Å². The molecule has 0 saturated heterocycles. The molecular formula is C12H8Cl2N4O. The Balaban J connectivity index is 2.08. The lowest BCUT2D eigenvalue weighted by Gasteiger charge is -2.09. The SMILES string of the molecule is Nc1ccc(Nc2cc(Cl)ccc2Cl)c2nonc12. The number of nitrogens with two attached hydrogens (primary N) is 1. The molecule has 0 spiro atoms. The molecule has 96 valence electrons. The van der Waals surface area contributed by atoms with Crippen molar-refractivity contribution in [3.63, 3.8) is 0 Å². The number of aromatic nitrogens is 2. The molecule has 1 heterocycles. The first-order chi connectivity index (χ1) is 9.15. The van der Waals surface area contributed by atoms with Gasteiger partial charge in [-0.05, 0) is 40.6 Å². The number of benzene rings is 2. The van der Waals surface area contributed by atoms with Crippen LogP contribution in [0.25, 0.3) is 11.0 Å². The van der Waals surface area contributed by atoms with Gasteiger partial charge < -0.3 is 11.1 Å². The number of rotatable bonds is 2. The lowest BCUT2D eigenvalue weighted by Crippen LogP contribution is -1.94. The highest BCUT2D eigenvalue weighted by molar-refractivity contribution is 6.35. The predicted molar refractivity (Wildman–Crippen MR) is 76.0 cm³/mol. The van der Waals surface area contributed by atoms with Gasteiger partial charge in [-0.25, -0.2) is 4.63 Å². The third-order valence-electron chi connectivity index (χ3n) is 2.64. The Kier molecular flexibility index (Phi) is 2.93. The average Bonchev–Trinajstić information content (AvgIpc) is 2.87. The maximum atomic E-state index is 6.10. The second-order valence-corrected chi connectivity index (χ2v) is 4.76. The van der Waals surface area contributed by atoms with Crippen LogP contribution in [0.1, 0.15) is 0 Å². The van der Waals surface area contributed by atoms with Crippen LogP contribution in [0.5, 0.6) is 0 Å². The summed E-state index contributed by atoms with van der Waals surface area (Å²) in [6.45, 7) is 0. The maximum absolute atomic E-state index is 6.10. The van der Waals surface area contributed by atoms with Crippen molar-refractivity contribution in [3.05, 3.63) is 40.4 Å². The fourth-order valence-corrected chi connectivity index (χ4v) is 2.06. The lowest BCUT2D eigenvalue weighted by atomic mass is 10.2. The summed E-state index contributed by atoms with van der Waals surface area (Å²) < 4.78 is 4.70. The summed E-state index contributed by atoms with van der Waals surface area (Å²) in [7, 11) is 0. The standard InChI is InChI=1S/C12H8Cl2N4O/c13-6-1-2-7(14)10(5-6)16-9-4-3-8(15)11-12(9)18-19-17-11/h1-5,16H,15H2. The Bertz CT molecular complexity index is 757.